The molecular weight excluding hydrogens is 264 g/mol. The molecule has 1 aromatic heterocycles. The summed E-state index contributed by atoms with van der Waals surface area (Å²) < 4.78 is 0. The van der Waals surface area contributed by atoms with E-state index < -0.39 is 0 Å². The molecule has 2 aliphatic heterocycles. The van der Waals surface area contributed by atoms with Crippen LogP contribution >= 0.6 is 23.1 Å². The quantitative estimate of drug-likeness (QED) is 0.904. The van der Waals surface area contributed by atoms with Crippen molar-refractivity contribution in [1.82, 2.24) is 10.2 Å². The SMILES string of the molecule is Cc1ccc(C2NCC(=O)N2C2CCCSC2)s1. The Morgan fingerprint density at radius 1 is 1.44 bits per heavy atom. The molecule has 0 saturated carbocycles. The Labute approximate surface area is 116 Å². The van der Waals surface area contributed by atoms with Gasteiger partial charge in [0, 0.05) is 21.5 Å². The van der Waals surface area contributed by atoms with Crippen LogP contribution in [0.1, 0.15) is 28.8 Å². The van der Waals surface area contributed by atoms with Crippen molar-refractivity contribution in [2.45, 2.75) is 32.0 Å². The van der Waals surface area contributed by atoms with Crippen molar-refractivity contribution >= 4 is 29.0 Å². The average Bonchev–Trinajstić information content (AvgIpc) is 2.96. The second-order valence-corrected chi connectivity index (χ2v) is 7.37. The van der Waals surface area contributed by atoms with E-state index in [9.17, 15) is 4.79 Å². The van der Waals surface area contributed by atoms with Crippen LogP contribution in [-0.2, 0) is 4.79 Å². The smallest absolute Gasteiger partial charge is 0.238 e. The average molecular weight is 282 g/mol. The fraction of sp³-hybridized carbons (Fsp3) is 0.615. The van der Waals surface area contributed by atoms with Gasteiger partial charge in [-0.05, 0) is 37.7 Å². The van der Waals surface area contributed by atoms with E-state index in [1.165, 1.54) is 21.9 Å². The van der Waals surface area contributed by atoms with Crippen molar-refractivity contribution in [1.29, 1.82) is 0 Å². The number of nitrogens with zero attached hydrogens (tertiary/aromatic N) is 1. The molecule has 2 unspecified atom stereocenters. The maximum absolute atomic E-state index is 12.1. The summed E-state index contributed by atoms with van der Waals surface area (Å²) in [7, 11) is 0. The number of thioether (sulfide) groups is 1. The standard InChI is InChI=1S/C13H18N2OS2/c1-9-4-5-11(18-9)13-14-7-12(16)15(13)10-3-2-6-17-8-10/h4-5,10,13-14H,2-3,6-8H2,1H3. The molecule has 1 amide bonds. The van der Waals surface area contributed by atoms with Crippen molar-refractivity contribution in [2.24, 2.45) is 0 Å². The van der Waals surface area contributed by atoms with Gasteiger partial charge in [-0.2, -0.15) is 11.8 Å². The molecule has 98 valence electrons. The van der Waals surface area contributed by atoms with Crippen LogP contribution in [0.5, 0.6) is 0 Å². The minimum absolute atomic E-state index is 0.111. The molecule has 1 N–H and O–H groups in total. The predicted octanol–water partition coefficient (Wildman–Crippen LogP) is 2.38. The van der Waals surface area contributed by atoms with Gasteiger partial charge in [-0.15, -0.1) is 11.3 Å². The third kappa shape index (κ3) is 2.31. The Morgan fingerprint density at radius 3 is 3.00 bits per heavy atom. The van der Waals surface area contributed by atoms with Crippen molar-refractivity contribution in [3.63, 3.8) is 0 Å². The summed E-state index contributed by atoms with van der Waals surface area (Å²) in [6.45, 7) is 2.61. The van der Waals surface area contributed by atoms with Gasteiger partial charge in [0.05, 0.1) is 6.54 Å². The lowest BCUT2D eigenvalue weighted by molar-refractivity contribution is -0.130. The molecular formula is C13H18N2OS2. The van der Waals surface area contributed by atoms with Gasteiger partial charge in [-0.1, -0.05) is 0 Å². The summed E-state index contributed by atoms with van der Waals surface area (Å²) in [4.78, 5) is 16.8. The van der Waals surface area contributed by atoms with Crippen LogP contribution in [0.25, 0.3) is 0 Å². The molecule has 18 heavy (non-hydrogen) atoms. The van der Waals surface area contributed by atoms with Gasteiger partial charge in [0.2, 0.25) is 5.91 Å². The number of thiophene rings is 1. The van der Waals surface area contributed by atoms with Crippen LogP contribution in [-0.4, -0.2) is 34.9 Å². The Hall–Kier alpha value is -0.520. The van der Waals surface area contributed by atoms with E-state index in [0.29, 0.717) is 12.6 Å². The highest BCUT2D eigenvalue weighted by Crippen LogP contribution is 2.33. The lowest BCUT2D eigenvalue weighted by Gasteiger charge is -2.34. The van der Waals surface area contributed by atoms with Crippen LogP contribution in [0.4, 0.5) is 0 Å². The third-order valence-electron chi connectivity index (χ3n) is 3.57. The van der Waals surface area contributed by atoms with E-state index in [4.69, 9.17) is 0 Å². The van der Waals surface area contributed by atoms with Gasteiger partial charge in [0.1, 0.15) is 6.17 Å². The topological polar surface area (TPSA) is 32.3 Å². The fourth-order valence-corrected chi connectivity index (χ4v) is 4.80. The van der Waals surface area contributed by atoms with E-state index in [1.54, 1.807) is 11.3 Å². The lowest BCUT2D eigenvalue weighted by atomic mass is 10.1. The van der Waals surface area contributed by atoms with Gasteiger partial charge >= 0.3 is 0 Å². The van der Waals surface area contributed by atoms with Gasteiger partial charge in [-0.25, -0.2) is 0 Å². The number of carbonyl (C=O) groups excluding carboxylic acids is 1. The fourth-order valence-electron chi connectivity index (χ4n) is 2.71. The molecule has 2 fully saturated rings. The first-order valence-electron chi connectivity index (χ1n) is 6.44. The number of carbonyl (C=O) groups is 1. The zero-order valence-corrected chi connectivity index (χ0v) is 12.1. The van der Waals surface area contributed by atoms with Crippen molar-refractivity contribution in [3.05, 3.63) is 21.9 Å². The summed E-state index contributed by atoms with van der Waals surface area (Å²) in [5.41, 5.74) is 0. The summed E-state index contributed by atoms with van der Waals surface area (Å²) >= 11 is 3.77. The molecule has 0 spiro atoms. The van der Waals surface area contributed by atoms with Crippen molar-refractivity contribution < 1.29 is 4.79 Å². The maximum Gasteiger partial charge on any atom is 0.238 e. The number of aryl methyl sites for hydroxylation is 1. The van der Waals surface area contributed by atoms with Crippen LogP contribution in [0, 0.1) is 6.92 Å². The zero-order chi connectivity index (χ0) is 12.5. The highest BCUT2D eigenvalue weighted by molar-refractivity contribution is 7.99. The number of hydrogen-bond donors (Lipinski definition) is 1. The highest BCUT2D eigenvalue weighted by Gasteiger charge is 2.37. The molecule has 0 aliphatic carbocycles. The van der Waals surface area contributed by atoms with Crippen LogP contribution in [0.15, 0.2) is 12.1 Å². The highest BCUT2D eigenvalue weighted by atomic mass is 32.2. The van der Waals surface area contributed by atoms with Crippen LogP contribution in [0.3, 0.4) is 0 Å². The first-order chi connectivity index (χ1) is 8.75. The summed E-state index contributed by atoms with van der Waals surface area (Å²) in [6.07, 6.45) is 2.50. The Bertz CT molecular complexity index is 440. The van der Waals surface area contributed by atoms with E-state index >= 15 is 0 Å². The van der Waals surface area contributed by atoms with E-state index in [2.05, 4.69) is 29.3 Å². The summed E-state index contributed by atoms with van der Waals surface area (Å²) in [5.74, 6) is 2.60. The molecule has 0 radical (unpaired) electrons. The molecule has 1 aromatic rings. The first kappa shape index (κ1) is 12.5. The van der Waals surface area contributed by atoms with Gasteiger partial charge in [0.25, 0.3) is 0 Å². The van der Waals surface area contributed by atoms with E-state index in [0.717, 1.165) is 12.2 Å². The molecule has 2 atom stereocenters. The predicted molar refractivity (Wildman–Crippen MR) is 77.0 cm³/mol. The number of hydrogen-bond acceptors (Lipinski definition) is 4. The zero-order valence-electron chi connectivity index (χ0n) is 10.5. The van der Waals surface area contributed by atoms with Crippen LogP contribution in [0.2, 0.25) is 0 Å². The minimum Gasteiger partial charge on any atom is -0.317 e. The minimum atomic E-state index is 0.111. The normalized spacial score (nSPS) is 28.9. The summed E-state index contributed by atoms with van der Waals surface area (Å²) in [5, 5.41) is 3.36. The Balaban J connectivity index is 1.82. The van der Waals surface area contributed by atoms with Crippen molar-refractivity contribution in [3.8, 4) is 0 Å². The first-order valence-corrected chi connectivity index (χ1v) is 8.41. The molecule has 3 rings (SSSR count). The van der Waals surface area contributed by atoms with E-state index in [-0.39, 0.29) is 12.1 Å². The summed E-state index contributed by atoms with van der Waals surface area (Å²) in [6, 6.07) is 4.70. The maximum atomic E-state index is 12.1. The third-order valence-corrected chi connectivity index (χ3v) is 5.82. The second-order valence-electron chi connectivity index (χ2n) is 4.90. The molecule has 2 saturated heterocycles. The lowest BCUT2D eigenvalue weighted by Crippen LogP contribution is -2.42. The van der Waals surface area contributed by atoms with Gasteiger partial charge in [-0.3, -0.25) is 10.1 Å². The second kappa shape index (κ2) is 5.23. The number of rotatable bonds is 2. The Kier molecular flexibility index (Phi) is 3.63. The Morgan fingerprint density at radius 2 is 2.33 bits per heavy atom. The molecule has 0 aromatic carbocycles. The van der Waals surface area contributed by atoms with Crippen LogP contribution < -0.4 is 5.32 Å². The molecule has 0 bridgehead atoms. The van der Waals surface area contributed by atoms with E-state index in [1.807, 2.05) is 11.8 Å². The molecule has 3 heterocycles. The van der Waals surface area contributed by atoms with Gasteiger partial charge in [0.15, 0.2) is 0 Å². The molecule has 3 nitrogen and oxygen atoms in total. The molecule has 2 aliphatic rings. The van der Waals surface area contributed by atoms with Crippen molar-refractivity contribution in [2.75, 3.05) is 18.1 Å². The monoisotopic (exact) mass is 282 g/mol. The largest absolute Gasteiger partial charge is 0.317 e. The molecule has 5 heteroatoms. The number of amides is 1. The van der Waals surface area contributed by atoms with Gasteiger partial charge < -0.3 is 4.90 Å². The number of nitrogens with one attached hydrogen (secondary N) is 1.